The van der Waals surface area contributed by atoms with Crippen molar-refractivity contribution in [3.63, 3.8) is 0 Å². The van der Waals surface area contributed by atoms with Crippen LogP contribution >= 0.6 is 35.4 Å². The lowest BCUT2D eigenvalue weighted by molar-refractivity contribution is -0.972. The molecule has 0 bridgehead atoms. The molecule has 0 saturated carbocycles. The summed E-state index contributed by atoms with van der Waals surface area (Å²) in [5.41, 5.74) is 0.669. The standard InChI is InChI=1S/C14H18Cl2N4S/c1-9-4-3-5-10(2)19(9)8-20-14(21)18-7-11(15)6-12(16)13(18)17-20/h6-7,9-10H,3-5,8H2,1-2H3/p+1/t9-,10-/m1/s1. The van der Waals surface area contributed by atoms with Gasteiger partial charge in [-0.05, 0) is 51.4 Å². The predicted molar refractivity (Wildman–Crippen MR) is 87.8 cm³/mol. The van der Waals surface area contributed by atoms with Crippen LogP contribution in [0.15, 0.2) is 12.3 Å². The lowest BCUT2D eigenvalue weighted by Gasteiger charge is -2.35. The molecule has 2 aromatic heterocycles. The first-order valence-electron chi connectivity index (χ1n) is 7.27. The minimum absolute atomic E-state index is 0.530. The maximum Gasteiger partial charge on any atom is 0.207 e. The minimum Gasteiger partial charge on any atom is -0.312 e. The number of piperidine rings is 1. The van der Waals surface area contributed by atoms with E-state index in [-0.39, 0.29) is 0 Å². The summed E-state index contributed by atoms with van der Waals surface area (Å²) in [7, 11) is 0. The summed E-state index contributed by atoms with van der Waals surface area (Å²) in [6.07, 6.45) is 5.59. The number of quaternary nitrogens is 1. The highest BCUT2D eigenvalue weighted by Gasteiger charge is 2.29. The fourth-order valence-electron chi connectivity index (χ4n) is 3.22. The zero-order valence-electron chi connectivity index (χ0n) is 12.1. The van der Waals surface area contributed by atoms with Crippen LogP contribution in [0.2, 0.25) is 10.0 Å². The van der Waals surface area contributed by atoms with Gasteiger partial charge in [-0.25, -0.2) is 0 Å². The molecule has 0 spiro atoms. The van der Waals surface area contributed by atoms with E-state index in [1.165, 1.54) is 24.2 Å². The number of rotatable bonds is 2. The summed E-state index contributed by atoms with van der Waals surface area (Å²) in [5, 5.41) is 5.67. The Bertz CT molecular complexity index is 714. The molecule has 4 nitrogen and oxygen atoms in total. The van der Waals surface area contributed by atoms with E-state index in [0.717, 1.165) is 6.67 Å². The van der Waals surface area contributed by atoms with Gasteiger partial charge in [-0.15, -0.1) is 5.10 Å². The Balaban J connectivity index is 1.99. The maximum absolute atomic E-state index is 6.21. The highest BCUT2D eigenvalue weighted by atomic mass is 35.5. The van der Waals surface area contributed by atoms with Crippen LogP contribution in [0.4, 0.5) is 0 Å². The summed E-state index contributed by atoms with van der Waals surface area (Å²) >= 11 is 17.8. The molecule has 1 saturated heterocycles. The van der Waals surface area contributed by atoms with Crippen LogP contribution in [-0.4, -0.2) is 26.3 Å². The van der Waals surface area contributed by atoms with Crippen LogP contribution in [0.25, 0.3) is 5.65 Å². The van der Waals surface area contributed by atoms with Crippen molar-refractivity contribution in [3.8, 4) is 0 Å². The Kier molecular flexibility index (Phi) is 4.28. The van der Waals surface area contributed by atoms with Gasteiger partial charge in [-0.1, -0.05) is 23.2 Å². The van der Waals surface area contributed by atoms with Gasteiger partial charge in [0.05, 0.1) is 22.1 Å². The monoisotopic (exact) mass is 345 g/mol. The van der Waals surface area contributed by atoms with Crippen LogP contribution < -0.4 is 4.90 Å². The third kappa shape index (κ3) is 2.84. The van der Waals surface area contributed by atoms with Gasteiger partial charge in [0.25, 0.3) is 0 Å². The third-order valence-corrected chi connectivity index (χ3v) is 5.37. The Morgan fingerprint density at radius 1 is 1.33 bits per heavy atom. The van der Waals surface area contributed by atoms with Crippen molar-refractivity contribution < 1.29 is 4.90 Å². The Morgan fingerprint density at radius 2 is 2.00 bits per heavy atom. The van der Waals surface area contributed by atoms with Crippen LogP contribution in [-0.2, 0) is 6.67 Å². The molecule has 0 amide bonds. The van der Waals surface area contributed by atoms with E-state index >= 15 is 0 Å². The first-order chi connectivity index (χ1) is 9.97. The van der Waals surface area contributed by atoms with E-state index in [4.69, 9.17) is 35.4 Å². The summed E-state index contributed by atoms with van der Waals surface area (Å²) in [6, 6.07) is 2.95. The van der Waals surface area contributed by atoms with E-state index in [9.17, 15) is 0 Å². The summed E-state index contributed by atoms with van der Waals surface area (Å²) in [6.45, 7) is 5.37. The van der Waals surface area contributed by atoms with Crippen molar-refractivity contribution in [2.45, 2.75) is 51.9 Å². The molecule has 0 aliphatic carbocycles. The largest absolute Gasteiger partial charge is 0.312 e. The van der Waals surface area contributed by atoms with Gasteiger partial charge in [0.1, 0.15) is 0 Å². The number of fused-ring (bicyclic) bond motifs is 1. The number of hydrogen-bond acceptors (Lipinski definition) is 2. The SMILES string of the molecule is C[C@@H]1CCC[C@@H](C)[NH+]1Cn1nc2c(Cl)cc(Cl)cn2c1=S. The van der Waals surface area contributed by atoms with Gasteiger partial charge >= 0.3 is 0 Å². The summed E-state index contributed by atoms with van der Waals surface area (Å²) < 4.78 is 4.31. The minimum atomic E-state index is 0.530. The molecular formula is C14H19Cl2N4S+. The van der Waals surface area contributed by atoms with Gasteiger partial charge in [0.15, 0.2) is 12.3 Å². The smallest absolute Gasteiger partial charge is 0.207 e. The summed E-state index contributed by atoms with van der Waals surface area (Å²) in [5.74, 6) is 0. The number of nitrogens with one attached hydrogen (secondary N) is 1. The van der Waals surface area contributed by atoms with Crippen molar-refractivity contribution in [2.75, 3.05) is 0 Å². The zero-order chi connectivity index (χ0) is 15.1. The number of nitrogens with zero attached hydrogens (tertiary/aromatic N) is 3. The molecule has 2 atom stereocenters. The first kappa shape index (κ1) is 15.3. The molecule has 1 aliphatic heterocycles. The van der Waals surface area contributed by atoms with Crippen LogP contribution in [0.5, 0.6) is 0 Å². The van der Waals surface area contributed by atoms with Gasteiger partial charge in [-0.3, -0.25) is 4.40 Å². The molecule has 0 unspecified atom stereocenters. The molecule has 0 radical (unpaired) electrons. The van der Waals surface area contributed by atoms with E-state index < -0.39 is 0 Å². The van der Waals surface area contributed by atoms with Gasteiger partial charge in [-0.2, -0.15) is 4.68 Å². The van der Waals surface area contributed by atoms with Crippen molar-refractivity contribution in [1.29, 1.82) is 0 Å². The molecule has 21 heavy (non-hydrogen) atoms. The molecule has 3 rings (SSSR count). The van der Waals surface area contributed by atoms with E-state index in [2.05, 4.69) is 18.9 Å². The number of aromatic nitrogens is 3. The molecule has 1 aliphatic rings. The first-order valence-corrected chi connectivity index (χ1v) is 8.43. The Morgan fingerprint density at radius 3 is 2.67 bits per heavy atom. The lowest BCUT2D eigenvalue weighted by Crippen LogP contribution is -3.18. The second kappa shape index (κ2) is 5.88. The molecule has 7 heteroatoms. The number of hydrogen-bond donors (Lipinski definition) is 1. The number of halogens is 2. The lowest BCUT2D eigenvalue weighted by atomic mass is 9.98. The molecule has 114 valence electrons. The predicted octanol–water partition coefficient (Wildman–Crippen LogP) is 2.98. The van der Waals surface area contributed by atoms with Gasteiger partial charge in [0.2, 0.25) is 4.77 Å². The number of likely N-dealkylation sites (tertiary alicyclic amines) is 1. The zero-order valence-corrected chi connectivity index (χ0v) is 14.5. The topological polar surface area (TPSA) is 26.7 Å². The van der Waals surface area contributed by atoms with Crippen molar-refractivity contribution in [2.24, 2.45) is 0 Å². The third-order valence-electron chi connectivity index (χ3n) is 4.47. The normalized spacial score (nSPS) is 23.8. The van der Waals surface area contributed by atoms with Crippen molar-refractivity contribution >= 4 is 41.1 Å². The van der Waals surface area contributed by atoms with Crippen molar-refractivity contribution in [1.82, 2.24) is 14.2 Å². The molecule has 3 heterocycles. The van der Waals surface area contributed by atoms with E-state index in [1.54, 1.807) is 16.7 Å². The second-order valence-electron chi connectivity index (χ2n) is 5.95. The van der Waals surface area contributed by atoms with E-state index in [0.29, 0.717) is 32.5 Å². The molecule has 1 fully saturated rings. The molecular weight excluding hydrogens is 327 g/mol. The average Bonchev–Trinajstić information content (AvgIpc) is 2.72. The Labute approximate surface area is 139 Å². The quantitative estimate of drug-likeness (QED) is 0.847. The Hall–Kier alpha value is -0.620. The maximum atomic E-state index is 6.21. The summed E-state index contributed by atoms with van der Waals surface area (Å²) in [4.78, 5) is 1.53. The van der Waals surface area contributed by atoms with E-state index in [1.807, 2.05) is 4.68 Å². The fourth-order valence-corrected chi connectivity index (χ4v) is 3.97. The fraction of sp³-hybridized carbons (Fsp3) is 0.571. The highest BCUT2D eigenvalue weighted by Crippen LogP contribution is 2.21. The second-order valence-corrected chi connectivity index (χ2v) is 7.16. The number of pyridine rings is 1. The van der Waals surface area contributed by atoms with Gasteiger partial charge in [0, 0.05) is 6.20 Å². The van der Waals surface area contributed by atoms with Gasteiger partial charge < -0.3 is 4.90 Å². The van der Waals surface area contributed by atoms with Crippen molar-refractivity contribution in [3.05, 3.63) is 27.1 Å². The molecule has 2 aromatic rings. The average molecular weight is 346 g/mol. The highest BCUT2D eigenvalue weighted by molar-refractivity contribution is 7.71. The molecule has 0 aromatic carbocycles. The van der Waals surface area contributed by atoms with Crippen LogP contribution in [0.3, 0.4) is 0 Å². The molecule has 1 N–H and O–H groups in total. The van der Waals surface area contributed by atoms with Crippen LogP contribution in [0, 0.1) is 4.77 Å². The van der Waals surface area contributed by atoms with Crippen LogP contribution in [0.1, 0.15) is 33.1 Å².